The fraction of sp³-hybridized carbons (Fsp3) is 0.261. The van der Waals surface area contributed by atoms with Gasteiger partial charge in [-0.1, -0.05) is 12.1 Å². The molecule has 1 aromatic heterocycles. The maximum atomic E-state index is 13.9. The van der Waals surface area contributed by atoms with Crippen LogP contribution in [-0.2, 0) is 7.05 Å². The Labute approximate surface area is 192 Å². The number of nitrogens with zero attached hydrogens (tertiary/aromatic N) is 2. The summed E-state index contributed by atoms with van der Waals surface area (Å²) >= 11 is 0. The van der Waals surface area contributed by atoms with Crippen LogP contribution in [0.25, 0.3) is 0 Å². The minimum absolute atomic E-state index is 0.00692. The summed E-state index contributed by atoms with van der Waals surface area (Å²) in [5.41, 5.74) is -0.779. The van der Waals surface area contributed by atoms with E-state index in [1.54, 1.807) is 6.92 Å². The zero-order valence-corrected chi connectivity index (χ0v) is 18.4. The summed E-state index contributed by atoms with van der Waals surface area (Å²) in [6, 6.07) is 8.52. The van der Waals surface area contributed by atoms with Gasteiger partial charge in [-0.2, -0.15) is 5.10 Å². The minimum Gasteiger partial charge on any atom is -0.478 e. The highest BCUT2D eigenvalue weighted by molar-refractivity contribution is 5.98. The third-order valence-corrected chi connectivity index (χ3v) is 5.09. The molecule has 3 aromatic rings. The molecule has 1 amide bonds. The molecule has 0 saturated heterocycles. The molecule has 34 heavy (non-hydrogen) atoms. The van der Waals surface area contributed by atoms with Crippen LogP contribution in [-0.4, -0.2) is 31.9 Å². The van der Waals surface area contributed by atoms with Crippen molar-refractivity contribution in [2.45, 2.75) is 32.4 Å². The van der Waals surface area contributed by atoms with Crippen molar-refractivity contribution < 1.29 is 37.7 Å². The Morgan fingerprint density at radius 1 is 1.12 bits per heavy atom. The van der Waals surface area contributed by atoms with E-state index in [1.807, 2.05) is 0 Å². The third-order valence-electron chi connectivity index (χ3n) is 5.09. The second kappa shape index (κ2) is 9.96. The van der Waals surface area contributed by atoms with Crippen molar-refractivity contribution in [1.82, 2.24) is 15.1 Å². The SMILES string of the molecule is CC(O)c1cc(Oc2c(C(=O)N[C@@H](C)c3ccc(C(=O)O)cc3)c(C(F)F)nn2C)ccc1F. The van der Waals surface area contributed by atoms with Crippen molar-refractivity contribution >= 4 is 11.9 Å². The number of carbonyl (C=O) groups excluding carboxylic acids is 1. The second-order valence-corrected chi connectivity index (χ2v) is 7.57. The largest absolute Gasteiger partial charge is 0.478 e. The fourth-order valence-electron chi connectivity index (χ4n) is 3.30. The van der Waals surface area contributed by atoms with E-state index in [0.717, 1.165) is 10.7 Å². The molecule has 0 saturated carbocycles. The van der Waals surface area contributed by atoms with Crippen molar-refractivity contribution in [3.63, 3.8) is 0 Å². The summed E-state index contributed by atoms with van der Waals surface area (Å²) in [5, 5.41) is 25.0. The number of aliphatic hydroxyl groups is 1. The predicted octanol–water partition coefficient (Wildman–Crippen LogP) is 4.53. The smallest absolute Gasteiger partial charge is 0.335 e. The van der Waals surface area contributed by atoms with Gasteiger partial charge in [0.15, 0.2) is 0 Å². The Kier molecular flexibility index (Phi) is 7.26. The van der Waals surface area contributed by atoms with Gasteiger partial charge in [-0.05, 0) is 49.7 Å². The summed E-state index contributed by atoms with van der Waals surface area (Å²) < 4.78 is 47.8. The lowest BCUT2D eigenvalue weighted by molar-refractivity contribution is 0.0696. The molecule has 180 valence electrons. The molecule has 1 heterocycles. The Bertz CT molecular complexity index is 1210. The topological polar surface area (TPSA) is 114 Å². The number of ether oxygens (including phenoxy) is 1. The first-order chi connectivity index (χ1) is 16.0. The minimum atomic E-state index is -3.09. The molecule has 0 aliphatic heterocycles. The second-order valence-electron chi connectivity index (χ2n) is 7.57. The fourth-order valence-corrected chi connectivity index (χ4v) is 3.30. The number of rotatable bonds is 8. The molecule has 0 fully saturated rings. The highest BCUT2D eigenvalue weighted by Gasteiger charge is 2.30. The lowest BCUT2D eigenvalue weighted by Crippen LogP contribution is -2.27. The molecule has 0 aliphatic rings. The lowest BCUT2D eigenvalue weighted by atomic mass is 10.1. The van der Waals surface area contributed by atoms with Crippen LogP contribution in [0.4, 0.5) is 13.2 Å². The van der Waals surface area contributed by atoms with Crippen LogP contribution in [0.5, 0.6) is 11.6 Å². The normalized spacial score (nSPS) is 12.9. The number of alkyl halides is 2. The Hall–Kier alpha value is -3.86. The molecule has 3 N–H and O–H groups in total. The molecule has 0 bridgehead atoms. The number of aryl methyl sites for hydroxylation is 1. The first-order valence-corrected chi connectivity index (χ1v) is 10.1. The molecule has 2 atom stereocenters. The van der Waals surface area contributed by atoms with Crippen LogP contribution < -0.4 is 10.1 Å². The summed E-state index contributed by atoms with van der Waals surface area (Å²) in [4.78, 5) is 24.0. The van der Waals surface area contributed by atoms with Crippen LogP contribution in [0, 0.1) is 5.82 Å². The van der Waals surface area contributed by atoms with Gasteiger partial charge in [0.05, 0.1) is 17.7 Å². The first-order valence-electron chi connectivity index (χ1n) is 10.1. The quantitative estimate of drug-likeness (QED) is 0.439. The van der Waals surface area contributed by atoms with E-state index in [0.29, 0.717) is 5.56 Å². The molecule has 0 spiro atoms. The number of amides is 1. The third kappa shape index (κ3) is 5.20. The van der Waals surface area contributed by atoms with E-state index < -0.39 is 47.5 Å². The summed E-state index contributed by atoms with van der Waals surface area (Å²) in [5.74, 6) is -2.98. The highest BCUT2D eigenvalue weighted by atomic mass is 19.3. The van der Waals surface area contributed by atoms with Crippen molar-refractivity contribution in [2.75, 3.05) is 0 Å². The number of carboxylic acids is 1. The highest BCUT2D eigenvalue weighted by Crippen LogP contribution is 2.34. The zero-order valence-electron chi connectivity index (χ0n) is 18.4. The lowest BCUT2D eigenvalue weighted by Gasteiger charge is -2.16. The van der Waals surface area contributed by atoms with Crippen molar-refractivity contribution in [1.29, 1.82) is 0 Å². The number of carboxylic acid groups (broad SMARTS) is 1. The van der Waals surface area contributed by atoms with Gasteiger partial charge in [0.2, 0.25) is 5.88 Å². The predicted molar refractivity (Wildman–Crippen MR) is 115 cm³/mol. The van der Waals surface area contributed by atoms with Crippen molar-refractivity contribution in [2.24, 2.45) is 7.05 Å². The molecular weight excluding hydrogens is 455 g/mol. The molecule has 0 aliphatic carbocycles. The molecule has 8 nitrogen and oxygen atoms in total. The van der Waals surface area contributed by atoms with E-state index in [1.165, 1.54) is 50.4 Å². The number of halogens is 3. The van der Waals surface area contributed by atoms with Gasteiger partial charge in [0.1, 0.15) is 22.8 Å². The average Bonchev–Trinajstić information content (AvgIpc) is 3.11. The number of hydrogen-bond acceptors (Lipinski definition) is 5. The number of nitrogens with one attached hydrogen (secondary N) is 1. The molecule has 1 unspecified atom stereocenters. The van der Waals surface area contributed by atoms with Gasteiger partial charge in [-0.3, -0.25) is 4.79 Å². The Balaban J connectivity index is 1.93. The van der Waals surface area contributed by atoms with E-state index >= 15 is 0 Å². The van der Waals surface area contributed by atoms with E-state index in [2.05, 4.69) is 10.4 Å². The van der Waals surface area contributed by atoms with Gasteiger partial charge < -0.3 is 20.3 Å². The summed E-state index contributed by atoms with van der Waals surface area (Å²) in [6.07, 6.45) is -4.24. The number of aromatic carboxylic acids is 1. The van der Waals surface area contributed by atoms with E-state index in [9.17, 15) is 27.9 Å². The van der Waals surface area contributed by atoms with Crippen LogP contribution in [0.2, 0.25) is 0 Å². The first kappa shape index (κ1) is 24.8. The molecule has 2 aromatic carbocycles. The van der Waals surface area contributed by atoms with Gasteiger partial charge in [-0.25, -0.2) is 22.6 Å². The van der Waals surface area contributed by atoms with Crippen LogP contribution >= 0.6 is 0 Å². The van der Waals surface area contributed by atoms with Gasteiger partial charge in [0.25, 0.3) is 12.3 Å². The number of aliphatic hydroxyl groups excluding tert-OH is 1. The molecular formula is C23H22F3N3O5. The van der Waals surface area contributed by atoms with Crippen LogP contribution in [0.3, 0.4) is 0 Å². The van der Waals surface area contributed by atoms with Crippen molar-refractivity contribution in [3.05, 3.63) is 76.2 Å². The average molecular weight is 477 g/mol. The van der Waals surface area contributed by atoms with E-state index in [4.69, 9.17) is 9.84 Å². The summed E-state index contributed by atoms with van der Waals surface area (Å²) in [6.45, 7) is 2.95. The monoisotopic (exact) mass is 477 g/mol. The zero-order chi connectivity index (χ0) is 25.2. The van der Waals surface area contributed by atoms with E-state index in [-0.39, 0.29) is 22.8 Å². The van der Waals surface area contributed by atoms with Gasteiger partial charge >= 0.3 is 5.97 Å². The standard InChI is InChI=1S/C23H22F3N3O5/c1-11(13-4-6-14(7-5-13)23(32)33)27-21(31)18-19(20(25)26)28-29(3)22(18)34-15-8-9-17(24)16(10-15)12(2)30/h4-12,20,30H,1-3H3,(H,27,31)(H,32,33)/t11-,12?/m0/s1. The Morgan fingerprint density at radius 3 is 2.32 bits per heavy atom. The number of hydrogen-bond donors (Lipinski definition) is 3. The number of carbonyl (C=O) groups is 2. The van der Waals surface area contributed by atoms with Gasteiger partial charge in [-0.15, -0.1) is 0 Å². The van der Waals surface area contributed by atoms with Crippen LogP contribution in [0.15, 0.2) is 42.5 Å². The maximum absolute atomic E-state index is 13.9. The number of aromatic nitrogens is 2. The molecule has 11 heteroatoms. The maximum Gasteiger partial charge on any atom is 0.335 e. The van der Waals surface area contributed by atoms with Gasteiger partial charge in [0, 0.05) is 12.6 Å². The molecule has 0 radical (unpaired) electrons. The van der Waals surface area contributed by atoms with Crippen molar-refractivity contribution in [3.8, 4) is 11.6 Å². The number of benzene rings is 2. The summed E-state index contributed by atoms with van der Waals surface area (Å²) in [7, 11) is 1.31. The molecule has 3 rings (SSSR count). The Morgan fingerprint density at radius 2 is 1.76 bits per heavy atom. The van der Waals surface area contributed by atoms with Crippen LogP contribution in [0.1, 0.15) is 70.0 Å².